The van der Waals surface area contributed by atoms with Gasteiger partial charge in [-0.15, -0.1) is 0 Å². The Bertz CT molecular complexity index is 566. The lowest BCUT2D eigenvalue weighted by Gasteiger charge is -2.19. The zero-order valence-corrected chi connectivity index (χ0v) is 11.6. The summed E-state index contributed by atoms with van der Waals surface area (Å²) in [4.78, 5) is 0. The molecule has 2 aromatic rings. The second-order valence-corrected chi connectivity index (χ2v) is 4.68. The molecule has 0 bridgehead atoms. The summed E-state index contributed by atoms with van der Waals surface area (Å²) in [5.41, 5.74) is 10.1. The van der Waals surface area contributed by atoms with Gasteiger partial charge in [0.05, 0.1) is 18.5 Å². The van der Waals surface area contributed by atoms with Crippen LogP contribution in [0.2, 0.25) is 0 Å². The van der Waals surface area contributed by atoms with E-state index in [-0.39, 0.29) is 6.04 Å². The molecule has 2 rings (SSSR count). The van der Waals surface area contributed by atoms with E-state index >= 15 is 0 Å². The van der Waals surface area contributed by atoms with Crippen molar-refractivity contribution in [1.82, 2.24) is 0 Å². The molecule has 19 heavy (non-hydrogen) atoms. The summed E-state index contributed by atoms with van der Waals surface area (Å²) in [5, 5.41) is 3.44. The predicted molar refractivity (Wildman–Crippen MR) is 80.6 cm³/mol. The van der Waals surface area contributed by atoms with Crippen LogP contribution >= 0.6 is 0 Å². The normalized spacial score (nSPS) is 11.9. The molecule has 0 heterocycles. The number of anilines is 2. The number of nitrogens with two attached hydrogens (primary N) is 1. The Labute approximate surface area is 114 Å². The Kier molecular flexibility index (Phi) is 3.95. The van der Waals surface area contributed by atoms with E-state index in [0.717, 1.165) is 17.1 Å². The lowest BCUT2D eigenvalue weighted by molar-refractivity contribution is 0.415. The van der Waals surface area contributed by atoms with Crippen molar-refractivity contribution < 1.29 is 4.74 Å². The highest BCUT2D eigenvalue weighted by molar-refractivity contribution is 5.68. The molecule has 0 saturated carbocycles. The number of nitrogens with one attached hydrogen (secondary N) is 1. The fourth-order valence-corrected chi connectivity index (χ4v) is 2.17. The third-order valence-electron chi connectivity index (χ3n) is 3.29. The molecular formula is C16H20N2O. The SMILES string of the molecule is COc1ccc(N)c(NC(C)c2ccccc2C)c1. The van der Waals surface area contributed by atoms with Gasteiger partial charge in [-0.1, -0.05) is 24.3 Å². The quantitative estimate of drug-likeness (QED) is 0.819. The smallest absolute Gasteiger partial charge is 0.121 e. The molecule has 0 radical (unpaired) electrons. The van der Waals surface area contributed by atoms with E-state index in [1.165, 1.54) is 11.1 Å². The molecule has 3 N–H and O–H groups in total. The highest BCUT2D eigenvalue weighted by Crippen LogP contribution is 2.29. The first-order valence-electron chi connectivity index (χ1n) is 6.37. The van der Waals surface area contributed by atoms with Gasteiger partial charge in [-0.05, 0) is 37.1 Å². The summed E-state index contributed by atoms with van der Waals surface area (Å²) in [6.45, 7) is 4.24. The molecule has 3 nitrogen and oxygen atoms in total. The van der Waals surface area contributed by atoms with Crippen LogP contribution in [-0.2, 0) is 0 Å². The summed E-state index contributed by atoms with van der Waals surface area (Å²) in [6, 6.07) is 14.2. The Hall–Kier alpha value is -2.16. The van der Waals surface area contributed by atoms with Gasteiger partial charge in [0.25, 0.3) is 0 Å². The number of rotatable bonds is 4. The average Bonchev–Trinajstić information content (AvgIpc) is 2.41. The third-order valence-corrected chi connectivity index (χ3v) is 3.29. The first-order valence-corrected chi connectivity index (χ1v) is 6.37. The van der Waals surface area contributed by atoms with Gasteiger partial charge in [-0.3, -0.25) is 0 Å². The number of ether oxygens (including phenoxy) is 1. The maximum Gasteiger partial charge on any atom is 0.121 e. The Morgan fingerprint density at radius 1 is 1.16 bits per heavy atom. The third kappa shape index (κ3) is 2.99. The maximum absolute atomic E-state index is 5.99. The van der Waals surface area contributed by atoms with Crippen LogP contribution in [-0.4, -0.2) is 7.11 Å². The van der Waals surface area contributed by atoms with Crippen LogP contribution < -0.4 is 15.8 Å². The molecule has 0 aromatic heterocycles. The lowest BCUT2D eigenvalue weighted by atomic mass is 10.0. The molecule has 0 aliphatic rings. The van der Waals surface area contributed by atoms with Crippen molar-refractivity contribution in [2.75, 3.05) is 18.2 Å². The van der Waals surface area contributed by atoms with E-state index in [0.29, 0.717) is 0 Å². The number of benzene rings is 2. The van der Waals surface area contributed by atoms with Crippen molar-refractivity contribution >= 4 is 11.4 Å². The summed E-state index contributed by atoms with van der Waals surface area (Å²) in [7, 11) is 1.65. The van der Waals surface area contributed by atoms with E-state index in [1.54, 1.807) is 7.11 Å². The first-order chi connectivity index (χ1) is 9.11. The molecule has 2 aromatic carbocycles. The minimum absolute atomic E-state index is 0.190. The van der Waals surface area contributed by atoms with Gasteiger partial charge in [-0.25, -0.2) is 0 Å². The number of hydrogen-bond donors (Lipinski definition) is 2. The molecule has 0 spiro atoms. The van der Waals surface area contributed by atoms with Crippen LogP contribution in [0.4, 0.5) is 11.4 Å². The van der Waals surface area contributed by atoms with Crippen molar-refractivity contribution in [3.05, 3.63) is 53.6 Å². The monoisotopic (exact) mass is 256 g/mol. The van der Waals surface area contributed by atoms with Crippen LogP contribution in [0.25, 0.3) is 0 Å². The molecule has 1 unspecified atom stereocenters. The molecule has 0 amide bonds. The van der Waals surface area contributed by atoms with E-state index in [9.17, 15) is 0 Å². The first kappa shape index (κ1) is 13.3. The molecule has 0 saturated heterocycles. The predicted octanol–water partition coefficient (Wildman–Crippen LogP) is 3.76. The zero-order chi connectivity index (χ0) is 13.8. The second kappa shape index (κ2) is 5.65. The van der Waals surface area contributed by atoms with Gasteiger partial charge in [0, 0.05) is 12.1 Å². The highest BCUT2D eigenvalue weighted by Gasteiger charge is 2.10. The van der Waals surface area contributed by atoms with Crippen LogP contribution in [0, 0.1) is 6.92 Å². The fraction of sp³-hybridized carbons (Fsp3) is 0.250. The average molecular weight is 256 g/mol. The van der Waals surface area contributed by atoms with Crippen molar-refractivity contribution in [2.45, 2.75) is 19.9 Å². The molecule has 0 aliphatic carbocycles. The summed E-state index contributed by atoms with van der Waals surface area (Å²) in [5.74, 6) is 0.800. The lowest BCUT2D eigenvalue weighted by Crippen LogP contribution is -2.09. The van der Waals surface area contributed by atoms with Crippen molar-refractivity contribution in [3.8, 4) is 5.75 Å². The van der Waals surface area contributed by atoms with Crippen LogP contribution in [0.5, 0.6) is 5.75 Å². The van der Waals surface area contributed by atoms with Gasteiger partial charge in [0.1, 0.15) is 5.75 Å². The topological polar surface area (TPSA) is 47.3 Å². The van der Waals surface area contributed by atoms with Gasteiger partial charge in [0.2, 0.25) is 0 Å². The molecule has 0 fully saturated rings. The number of nitrogen functional groups attached to an aromatic ring is 1. The number of methoxy groups -OCH3 is 1. The summed E-state index contributed by atoms with van der Waals surface area (Å²) < 4.78 is 5.23. The van der Waals surface area contributed by atoms with E-state index < -0.39 is 0 Å². The zero-order valence-electron chi connectivity index (χ0n) is 11.6. The van der Waals surface area contributed by atoms with Crippen molar-refractivity contribution in [3.63, 3.8) is 0 Å². The van der Waals surface area contributed by atoms with Crippen LogP contribution in [0.1, 0.15) is 24.1 Å². The van der Waals surface area contributed by atoms with E-state index in [4.69, 9.17) is 10.5 Å². The van der Waals surface area contributed by atoms with Crippen molar-refractivity contribution in [2.24, 2.45) is 0 Å². The van der Waals surface area contributed by atoms with Crippen LogP contribution in [0.15, 0.2) is 42.5 Å². The Morgan fingerprint density at radius 3 is 2.58 bits per heavy atom. The highest BCUT2D eigenvalue weighted by atomic mass is 16.5. The van der Waals surface area contributed by atoms with Gasteiger partial charge >= 0.3 is 0 Å². The Balaban J connectivity index is 2.24. The second-order valence-electron chi connectivity index (χ2n) is 4.68. The molecule has 1 atom stereocenters. The van der Waals surface area contributed by atoms with Crippen molar-refractivity contribution in [1.29, 1.82) is 0 Å². The standard InChI is InChI=1S/C16H20N2O/c1-11-6-4-5-7-14(11)12(2)18-16-10-13(19-3)8-9-15(16)17/h4-10,12,18H,17H2,1-3H3. The van der Waals surface area contributed by atoms with Gasteiger partial charge in [0.15, 0.2) is 0 Å². The largest absolute Gasteiger partial charge is 0.497 e. The van der Waals surface area contributed by atoms with Gasteiger partial charge < -0.3 is 15.8 Å². The molecule has 100 valence electrons. The molecule has 0 aliphatic heterocycles. The molecule has 3 heteroatoms. The molecular weight excluding hydrogens is 236 g/mol. The minimum atomic E-state index is 0.190. The Morgan fingerprint density at radius 2 is 1.89 bits per heavy atom. The summed E-state index contributed by atoms with van der Waals surface area (Å²) >= 11 is 0. The number of hydrogen-bond acceptors (Lipinski definition) is 3. The maximum atomic E-state index is 5.99. The van der Waals surface area contributed by atoms with E-state index in [2.05, 4.69) is 37.4 Å². The van der Waals surface area contributed by atoms with Crippen LogP contribution in [0.3, 0.4) is 0 Å². The fourth-order valence-electron chi connectivity index (χ4n) is 2.17. The van der Waals surface area contributed by atoms with E-state index in [1.807, 2.05) is 24.3 Å². The number of aryl methyl sites for hydroxylation is 1. The summed E-state index contributed by atoms with van der Waals surface area (Å²) in [6.07, 6.45) is 0. The minimum Gasteiger partial charge on any atom is -0.497 e. The van der Waals surface area contributed by atoms with Gasteiger partial charge in [-0.2, -0.15) is 0 Å².